The van der Waals surface area contributed by atoms with Gasteiger partial charge in [-0.3, -0.25) is 9.82 Å². The first kappa shape index (κ1) is 17.7. The third-order valence-corrected chi connectivity index (χ3v) is 5.90. The van der Waals surface area contributed by atoms with Crippen LogP contribution in [0.5, 0.6) is 0 Å². The molecule has 2 N–H and O–H groups in total. The van der Waals surface area contributed by atoms with E-state index in [1.54, 1.807) is 23.6 Å². The van der Waals surface area contributed by atoms with Crippen molar-refractivity contribution in [1.29, 1.82) is 0 Å². The summed E-state index contributed by atoms with van der Waals surface area (Å²) in [7, 11) is -3.90. The van der Waals surface area contributed by atoms with Crippen molar-refractivity contribution in [3.63, 3.8) is 0 Å². The van der Waals surface area contributed by atoms with Crippen molar-refractivity contribution in [3.8, 4) is 11.3 Å². The van der Waals surface area contributed by atoms with Gasteiger partial charge in [-0.1, -0.05) is 12.1 Å². The van der Waals surface area contributed by atoms with Gasteiger partial charge < -0.3 is 4.57 Å². The van der Waals surface area contributed by atoms with Gasteiger partial charge in [0.1, 0.15) is 17.3 Å². The van der Waals surface area contributed by atoms with Crippen LogP contribution in [0.25, 0.3) is 11.3 Å². The lowest BCUT2D eigenvalue weighted by Crippen LogP contribution is -2.15. The first-order valence-corrected chi connectivity index (χ1v) is 10.3. The Bertz CT molecular complexity index is 1100. The number of hydrogen-bond acceptors (Lipinski definition) is 4. The number of aryl methyl sites for hydroxylation is 2. The Morgan fingerprint density at radius 2 is 2.15 bits per heavy atom. The molecule has 4 rings (SSSR count). The summed E-state index contributed by atoms with van der Waals surface area (Å²) in [5.74, 6) is 0.444. The summed E-state index contributed by atoms with van der Waals surface area (Å²) < 4.78 is 43.9. The normalized spacial score (nSPS) is 14.5. The highest BCUT2D eigenvalue weighted by Crippen LogP contribution is 2.45. The van der Waals surface area contributed by atoms with Gasteiger partial charge in [-0.05, 0) is 38.8 Å². The van der Waals surface area contributed by atoms with Crippen LogP contribution in [0.3, 0.4) is 0 Å². The van der Waals surface area contributed by atoms with E-state index >= 15 is 0 Å². The van der Waals surface area contributed by atoms with Gasteiger partial charge in [-0.25, -0.2) is 9.37 Å². The van der Waals surface area contributed by atoms with E-state index in [1.807, 2.05) is 6.92 Å². The van der Waals surface area contributed by atoms with Gasteiger partial charge in [0.2, 0.25) is 0 Å². The molecule has 0 saturated heterocycles. The fourth-order valence-corrected chi connectivity index (χ4v) is 4.18. The van der Waals surface area contributed by atoms with Crippen LogP contribution in [0, 0.1) is 12.7 Å². The summed E-state index contributed by atoms with van der Waals surface area (Å²) in [5, 5.41) is 7.15. The monoisotopic (exact) mass is 389 g/mol. The van der Waals surface area contributed by atoms with Crippen LogP contribution in [0.2, 0.25) is 0 Å². The maximum atomic E-state index is 13.7. The van der Waals surface area contributed by atoms with E-state index in [0.29, 0.717) is 29.3 Å². The number of nitrogens with one attached hydrogen (secondary N) is 2. The molecule has 0 atom stereocenters. The molecule has 7 nitrogen and oxygen atoms in total. The summed E-state index contributed by atoms with van der Waals surface area (Å²) in [4.78, 5) is 4.16. The third-order valence-electron chi connectivity index (χ3n) is 4.68. The van der Waals surface area contributed by atoms with Crippen molar-refractivity contribution in [3.05, 3.63) is 47.8 Å². The van der Waals surface area contributed by atoms with Crippen molar-refractivity contribution in [1.82, 2.24) is 19.7 Å². The van der Waals surface area contributed by atoms with E-state index in [0.717, 1.165) is 18.5 Å². The Labute approximate surface area is 156 Å². The lowest BCUT2D eigenvalue weighted by Gasteiger charge is -2.09. The molecule has 1 fully saturated rings. The number of benzene rings is 1. The number of nitrogens with zero attached hydrogens (tertiary/aromatic N) is 3. The molecule has 0 radical (unpaired) electrons. The summed E-state index contributed by atoms with van der Waals surface area (Å²) in [5.41, 5.74) is 1.98. The maximum Gasteiger partial charge on any atom is 0.281 e. The molecule has 0 bridgehead atoms. The van der Waals surface area contributed by atoms with E-state index in [1.165, 1.54) is 18.3 Å². The molecule has 0 amide bonds. The second kappa shape index (κ2) is 6.49. The largest absolute Gasteiger partial charge is 0.334 e. The van der Waals surface area contributed by atoms with Crippen LogP contribution in [-0.2, 0) is 16.6 Å². The van der Waals surface area contributed by atoms with Crippen LogP contribution < -0.4 is 4.72 Å². The molecule has 9 heteroatoms. The minimum atomic E-state index is -3.90. The van der Waals surface area contributed by atoms with Gasteiger partial charge in [0, 0.05) is 24.2 Å². The first-order chi connectivity index (χ1) is 12.9. The maximum absolute atomic E-state index is 13.7. The summed E-state index contributed by atoms with van der Waals surface area (Å²) >= 11 is 0. The Morgan fingerprint density at radius 3 is 2.78 bits per heavy atom. The Balaban J connectivity index is 1.77. The lowest BCUT2D eigenvalue weighted by molar-refractivity contribution is 0.598. The zero-order valence-corrected chi connectivity index (χ0v) is 15.8. The predicted molar refractivity (Wildman–Crippen MR) is 99.4 cm³/mol. The Kier molecular flexibility index (Phi) is 4.26. The third kappa shape index (κ3) is 3.34. The summed E-state index contributed by atoms with van der Waals surface area (Å²) in [6.45, 7) is 4.30. The number of hydrogen-bond donors (Lipinski definition) is 2. The quantitative estimate of drug-likeness (QED) is 0.676. The van der Waals surface area contributed by atoms with Crippen molar-refractivity contribution >= 4 is 15.7 Å². The van der Waals surface area contributed by atoms with Crippen molar-refractivity contribution in [2.45, 2.75) is 44.2 Å². The molecule has 1 saturated carbocycles. The van der Waals surface area contributed by atoms with Crippen molar-refractivity contribution in [2.24, 2.45) is 0 Å². The molecule has 0 spiro atoms. The molecule has 1 aromatic carbocycles. The van der Waals surface area contributed by atoms with E-state index in [2.05, 4.69) is 19.9 Å². The second-order valence-corrected chi connectivity index (χ2v) is 8.29. The van der Waals surface area contributed by atoms with Crippen LogP contribution in [0.15, 0.2) is 35.5 Å². The fourth-order valence-electron chi connectivity index (χ4n) is 3.09. The van der Waals surface area contributed by atoms with Crippen molar-refractivity contribution < 1.29 is 12.8 Å². The number of halogens is 1. The molecule has 2 aromatic heterocycles. The SMILES string of the molecule is CCn1cc(S(=O)(=O)Nc2c(-c3cccc(F)c3)n[nH]c2C2CC2)nc1C. The van der Waals surface area contributed by atoms with E-state index < -0.39 is 15.8 Å². The number of anilines is 1. The number of aromatic nitrogens is 4. The zero-order valence-electron chi connectivity index (χ0n) is 15.0. The molecule has 27 heavy (non-hydrogen) atoms. The molecule has 2 heterocycles. The van der Waals surface area contributed by atoms with Crippen LogP contribution >= 0.6 is 0 Å². The summed E-state index contributed by atoms with van der Waals surface area (Å²) in [6, 6.07) is 5.94. The molecular formula is C18H20FN5O2S. The van der Waals surface area contributed by atoms with Gasteiger partial charge in [0.25, 0.3) is 10.0 Å². The fraction of sp³-hybridized carbons (Fsp3) is 0.333. The van der Waals surface area contributed by atoms with Crippen molar-refractivity contribution in [2.75, 3.05) is 4.72 Å². The molecule has 3 aromatic rings. The number of rotatable bonds is 6. The van der Waals surface area contributed by atoms with Gasteiger partial charge in [0.15, 0.2) is 5.03 Å². The highest BCUT2D eigenvalue weighted by Gasteiger charge is 2.32. The van der Waals surface area contributed by atoms with Gasteiger partial charge in [-0.2, -0.15) is 13.5 Å². The molecule has 0 aliphatic heterocycles. The standard InChI is InChI=1S/C18H20FN5O2S/c1-3-24-10-15(20-11(24)2)27(25,26)23-18-16(12-7-8-12)21-22-17(18)13-5-4-6-14(19)9-13/h4-6,9-10,12,23H,3,7-8H2,1-2H3,(H,21,22). The second-order valence-electron chi connectivity index (χ2n) is 6.66. The van der Waals surface area contributed by atoms with Crippen LogP contribution in [0.4, 0.5) is 10.1 Å². The number of sulfonamides is 1. The first-order valence-electron chi connectivity index (χ1n) is 8.80. The highest BCUT2D eigenvalue weighted by molar-refractivity contribution is 7.92. The van der Waals surface area contributed by atoms with E-state index in [4.69, 9.17) is 0 Å². The molecule has 142 valence electrons. The summed E-state index contributed by atoms with van der Waals surface area (Å²) in [6.07, 6.45) is 3.43. The average molecular weight is 389 g/mol. The number of H-pyrrole nitrogens is 1. The predicted octanol–water partition coefficient (Wildman–Crippen LogP) is 3.42. The van der Waals surface area contributed by atoms with E-state index in [9.17, 15) is 12.8 Å². The molecule has 1 aliphatic rings. The molecule has 1 aliphatic carbocycles. The number of aromatic amines is 1. The smallest absolute Gasteiger partial charge is 0.281 e. The van der Waals surface area contributed by atoms with Gasteiger partial charge >= 0.3 is 0 Å². The topological polar surface area (TPSA) is 92.7 Å². The van der Waals surface area contributed by atoms with Crippen LogP contribution in [0.1, 0.15) is 37.2 Å². The zero-order chi connectivity index (χ0) is 19.2. The Morgan fingerprint density at radius 1 is 1.37 bits per heavy atom. The average Bonchev–Trinajstić information content (AvgIpc) is 3.27. The lowest BCUT2D eigenvalue weighted by atomic mass is 10.1. The highest BCUT2D eigenvalue weighted by atomic mass is 32.2. The molecular weight excluding hydrogens is 369 g/mol. The molecule has 0 unspecified atom stereocenters. The minimum Gasteiger partial charge on any atom is -0.334 e. The number of imidazole rings is 1. The van der Waals surface area contributed by atoms with Crippen LogP contribution in [-0.4, -0.2) is 28.2 Å². The minimum absolute atomic E-state index is 0.0463. The van der Waals surface area contributed by atoms with Gasteiger partial charge in [-0.15, -0.1) is 0 Å². The van der Waals surface area contributed by atoms with Gasteiger partial charge in [0.05, 0.1) is 11.4 Å². The van der Waals surface area contributed by atoms with E-state index in [-0.39, 0.29) is 10.9 Å². The Hall–Kier alpha value is -2.68.